The van der Waals surface area contributed by atoms with E-state index >= 15 is 0 Å². The molecule has 70 valence electrons. The van der Waals surface area contributed by atoms with Gasteiger partial charge in [-0.25, -0.2) is 14.6 Å². The number of carbonyl (C=O) groups is 1. The summed E-state index contributed by atoms with van der Waals surface area (Å²) in [6, 6.07) is 0. The Morgan fingerprint density at radius 3 is 2.83 bits per heavy atom. The lowest BCUT2D eigenvalue weighted by Crippen LogP contribution is -2.41. The predicted octanol–water partition coefficient (Wildman–Crippen LogP) is -0.354. The number of ether oxygens (including phenoxy) is 1. The molecule has 2 atom stereocenters. The minimum absolute atomic E-state index is 0.188. The molecule has 0 aliphatic carbocycles. The Kier molecular flexibility index (Phi) is 2.93. The number of halogens is 2. The van der Waals surface area contributed by atoms with Crippen molar-refractivity contribution < 1.29 is 18.3 Å². The van der Waals surface area contributed by atoms with Gasteiger partial charge in [0, 0.05) is 6.61 Å². The molecular formula is C6H10F2N2O2. The average molecular weight is 180 g/mol. The van der Waals surface area contributed by atoms with Crippen LogP contribution in [0.15, 0.2) is 0 Å². The van der Waals surface area contributed by atoms with Crippen LogP contribution < -0.4 is 11.3 Å². The predicted molar refractivity (Wildman–Crippen MR) is 36.2 cm³/mol. The molecule has 1 aliphatic rings. The van der Waals surface area contributed by atoms with Gasteiger partial charge in [-0.3, -0.25) is 10.2 Å². The zero-order valence-electron chi connectivity index (χ0n) is 6.30. The lowest BCUT2D eigenvalue weighted by molar-refractivity contribution is -0.130. The standard InChI is InChI=1S/C6H10F2N2O2/c7-5(8)4-3(1-2-12-4)6(11)10-9/h3-5H,1-2,9H2,(H,10,11)/t3-,4-/m0/s1. The molecule has 12 heavy (non-hydrogen) atoms. The number of hydrogen-bond donors (Lipinski definition) is 2. The van der Waals surface area contributed by atoms with Crippen LogP contribution in [-0.4, -0.2) is 25.0 Å². The maximum atomic E-state index is 12.1. The minimum Gasteiger partial charge on any atom is -0.371 e. The van der Waals surface area contributed by atoms with E-state index in [0.29, 0.717) is 6.42 Å². The van der Waals surface area contributed by atoms with E-state index in [-0.39, 0.29) is 6.61 Å². The van der Waals surface area contributed by atoms with Gasteiger partial charge in [-0.05, 0) is 6.42 Å². The summed E-state index contributed by atoms with van der Waals surface area (Å²) in [5.74, 6) is 3.42. The normalized spacial score (nSPS) is 29.3. The average Bonchev–Trinajstić information content (AvgIpc) is 2.50. The summed E-state index contributed by atoms with van der Waals surface area (Å²) in [6.07, 6.45) is -3.62. The summed E-state index contributed by atoms with van der Waals surface area (Å²) in [5.41, 5.74) is 1.84. The van der Waals surface area contributed by atoms with E-state index in [4.69, 9.17) is 5.84 Å². The summed E-state index contributed by atoms with van der Waals surface area (Å²) < 4.78 is 29.0. The van der Waals surface area contributed by atoms with Gasteiger partial charge in [0.1, 0.15) is 6.10 Å². The molecule has 0 bridgehead atoms. The number of alkyl halides is 2. The number of amides is 1. The summed E-state index contributed by atoms with van der Waals surface area (Å²) in [6.45, 7) is 0.188. The molecule has 0 saturated carbocycles. The number of hydrazine groups is 1. The highest BCUT2D eigenvalue weighted by atomic mass is 19.3. The molecule has 0 spiro atoms. The van der Waals surface area contributed by atoms with Gasteiger partial charge < -0.3 is 4.74 Å². The van der Waals surface area contributed by atoms with Crippen molar-refractivity contribution in [1.82, 2.24) is 5.43 Å². The molecule has 1 heterocycles. The highest BCUT2D eigenvalue weighted by Gasteiger charge is 2.39. The Hall–Kier alpha value is -0.750. The van der Waals surface area contributed by atoms with Crippen LogP contribution >= 0.6 is 0 Å². The van der Waals surface area contributed by atoms with Crippen LogP contribution in [0.25, 0.3) is 0 Å². The Morgan fingerprint density at radius 1 is 1.67 bits per heavy atom. The van der Waals surface area contributed by atoms with E-state index < -0.39 is 24.4 Å². The SMILES string of the molecule is NNC(=O)[C@H]1CCO[C@@H]1C(F)F. The van der Waals surface area contributed by atoms with Gasteiger partial charge in [0.05, 0.1) is 5.92 Å². The highest BCUT2D eigenvalue weighted by Crippen LogP contribution is 2.25. The Bertz CT molecular complexity index is 177. The fourth-order valence-electron chi connectivity index (χ4n) is 1.25. The monoisotopic (exact) mass is 180 g/mol. The molecule has 0 unspecified atom stereocenters. The van der Waals surface area contributed by atoms with Crippen LogP contribution in [0.4, 0.5) is 8.78 Å². The minimum atomic E-state index is -2.63. The van der Waals surface area contributed by atoms with Gasteiger partial charge in [0.15, 0.2) is 0 Å². The smallest absolute Gasteiger partial charge is 0.265 e. The summed E-state index contributed by atoms with van der Waals surface area (Å²) >= 11 is 0. The molecule has 0 aromatic carbocycles. The lowest BCUT2D eigenvalue weighted by Gasteiger charge is -2.15. The van der Waals surface area contributed by atoms with Crippen LogP contribution in [-0.2, 0) is 9.53 Å². The number of hydrogen-bond acceptors (Lipinski definition) is 3. The zero-order valence-corrected chi connectivity index (χ0v) is 6.30. The highest BCUT2D eigenvalue weighted by molar-refractivity contribution is 5.78. The van der Waals surface area contributed by atoms with Crippen LogP contribution in [0.1, 0.15) is 6.42 Å². The van der Waals surface area contributed by atoms with Crippen molar-refractivity contribution in [3.8, 4) is 0 Å². The molecule has 6 heteroatoms. The van der Waals surface area contributed by atoms with Crippen LogP contribution in [0, 0.1) is 5.92 Å². The second-order valence-electron chi connectivity index (χ2n) is 2.57. The fraction of sp³-hybridized carbons (Fsp3) is 0.833. The Balaban J connectivity index is 2.57. The second kappa shape index (κ2) is 3.77. The number of nitrogens with two attached hydrogens (primary N) is 1. The van der Waals surface area contributed by atoms with Crippen molar-refractivity contribution in [3.63, 3.8) is 0 Å². The van der Waals surface area contributed by atoms with Crippen LogP contribution in [0.5, 0.6) is 0 Å². The number of carbonyl (C=O) groups excluding carboxylic acids is 1. The van der Waals surface area contributed by atoms with E-state index in [1.54, 1.807) is 0 Å². The van der Waals surface area contributed by atoms with E-state index in [2.05, 4.69) is 4.74 Å². The van der Waals surface area contributed by atoms with Crippen molar-refractivity contribution in [2.75, 3.05) is 6.61 Å². The Labute approximate surface area is 68.0 Å². The first kappa shape index (κ1) is 9.34. The molecular weight excluding hydrogens is 170 g/mol. The molecule has 1 fully saturated rings. The van der Waals surface area contributed by atoms with Gasteiger partial charge in [-0.2, -0.15) is 0 Å². The van der Waals surface area contributed by atoms with E-state index in [1.165, 1.54) is 0 Å². The van der Waals surface area contributed by atoms with Crippen molar-refractivity contribution in [2.24, 2.45) is 11.8 Å². The third-order valence-electron chi connectivity index (χ3n) is 1.86. The van der Waals surface area contributed by atoms with Crippen molar-refractivity contribution in [2.45, 2.75) is 19.0 Å². The van der Waals surface area contributed by atoms with Crippen LogP contribution in [0.3, 0.4) is 0 Å². The van der Waals surface area contributed by atoms with E-state index in [0.717, 1.165) is 0 Å². The van der Waals surface area contributed by atoms with Gasteiger partial charge in [-0.15, -0.1) is 0 Å². The molecule has 4 nitrogen and oxygen atoms in total. The van der Waals surface area contributed by atoms with E-state index in [1.807, 2.05) is 5.43 Å². The summed E-state index contributed by atoms with van der Waals surface area (Å²) in [7, 11) is 0. The molecule has 1 aliphatic heterocycles. The maximum Gasteiger partial charge on any atom is 0.265 e. The molecule has 0 aromatic heterocycles. The molecule has 1 amide bonds. The summed E-state index contributed by atoms with van der Waals surface area (Å²) in [5, 5.41) is 0. The van der Waals surface area contributed by atoms with Gasteiger partial charge in [-0.1, -0.05) is 0 Å². The largest absolute Gasteiger partial charge is 0.371 e. The molecule has 1 rings (SSSR count). The van der Waals surface area contributed by atoms with Gasteiger partial charge in [0.2, 0.25) is 5.91 Å². The molecule has 1 saturated heterocycles. The third-order valence-corrected chi connectivity index (χ3v) is 1.86. The van der Waals surface area contributed by atoms with Gasteiger partial charge >= 0.3 is 0 Å². The molecule has 0 radical (unpaired) electrons. The van der Waals surface area contributed by atoms with Crippen molar-refractivity contribution in [3.05, 3.63) is 0 Å². The molecule has 0 aromatic rings. The van der Waals surface area contributed by atoms with Crippen molar-refractivity contribution >= 4 is 5.91 Å². The summed E-state index contributed by atoms with van der Waals surface area (Å²) in [4.78, 5) is 10.9. The quantitative estimate of drug-likeness (QED) is 0.346. The first-order chi connectivity index (χ1) is 5.66. The third kappa shape index (κ3) is 1.70. The lowest BCUT2D eigenvalue weighted by atomic mass is 10.0. The fourth-order valence-corrected chi connectivity index (χ4v) is 1.25. The van der Waals surface area contributed by atoms with Gasteiger partial charge in [0.25, 0.3) is 6.43 Å². The van der Waals surface area contributed by atoms with Crippen LogP contribution in [0.2, 0.25) is 0 Å². The Morgan fingerprint density at radius 2 is 2.33 bits per heavy atom. The number of nitrogens with one attached hydrogen (secondary N) is 1. The van der Waals surface area contributed by atoms with E-state index in [9.17, 15) is 13.6 Å². The van der Waals surface area contributed by atoms with Crippen molar-refractivity contribution in [1.29, 1.82) is 0 Å². The topological polar surface area (TPSA) is 64.3 Å². The second-order valence-corrected chi connectivity index (χ2v) is 2.57. The molecule has 3 N–H and O–H groups in total. The first-order valence-electron chi connectivity index (χ1n) is 3.57. The number of rotatable bonds is 2. The maximum absolute atomic E-state index is 12.1. The first-order valence-corrected chi connectivity index (χ1v) is 3.57. The zero-order chi connectivity index (χ0) is 9.14.